The number of halogens is 3. The normalized spacial score (nSPS) is 25.9. The molecule has 2 aromatic carbocycles. The van der Waals surface area contributed by atoms with Crippen molar-refractivity contribution in [3.05, 3.63) is 65.2 Å². The smallest absolute Gasteiger partial charge is 0.416 e. The largest absolute Gasteiger partial charge is 0.492 e. The molecule has 0 radical (unpaired) electrons. The number of nitrogens with zero attached hydrogens (tertiary/aromatic N) is 1. The molecule has 2 amide bonds. The van der Waals surface area contributed by atoms with Crippen molar-refractivity contribution in [1.82, 2.24) is 20.9 Å². The molecule has 1 fully saturated rings. The van der Waals surface area contributed by atoms with E-state index in [-0.39, 0.29) is 18.2 Å². The zero-order chi connectivity index (χ0) is 29.6. The topological polar surface area (TPSA) is 103 Å². The Bertz CT molecular complexity index is 1170. The second-order valence-corrected chi connectivity index (χ2v) is 10.9. The van der Waals surface area contributed by atoms with Gasteiger partial charge in [-0.05, 0) is 74.3 Å². The number of alkyl halides is 3. The van der Waals surface area contributed by atoms with E-state index in [1.54, 1.807) is 14.0 Å². The zero-order valence-electron chi connectivity index (χ0n) is 23.4. The molecule has 0 bridgehead atoms. The highest BCUT2D eigenvalue weighted by atomic mass is 19.4. The van der Waals surface area contributed by atoms with Gasteiger partial charge in [-0.3, -0.25) is 14.9 Å². The van der Waals surface area contributed by atoms with Crippen molar-refractivity contribution < 1.29 is 32.6 Å². The molecule has 4 rings (SSSR count). The van der Waals surface area contributed by atoms with Crippen molar-refractivity contribution in [2.75, 3.05) is 26.7 Å². The molecule has 2 aromatic rings. The van der Waals surface area contributed by atoms with Gasteiger partial charge in [-0.25, -0.2) is 0 Å². The van der Waals surface area contributed by atoms with Crippen LogP contribution in [0.2, 0.25) is 0 Å². The average Bonchev–Trinajstić information content (AvgIpc) is 3.79. The Morgan fingerprint density at radius 1 is 1.05 bits per heavy atom. The van der Waals surface area contributed by atoms with Gasteiger partial charge in [0, 0.05) is 20.1 Å². The first-order chi connectivity index (χ1) is 19.5. The van der Waals surface area contributed by atoms with E-state index in [2.05, 4.69) is 16.0 Å². The van der Waals surface area contributed by atoms with E-state index in [0.29, 0.717) is 38.1 Å². The van der Waals surface area contributed by atoms with Gasteiger partial charge in [0.2, 0.25) is 11.8 Å². The first-order valence-electron chi connectivity index (χ1n) is 14.1. The number of ether oxygens (including phenoxy) is 1. The molecule has 1 aliphatic carbocycles. The van der Waals surface area contributed by atoms with Crippen molar-refractivity contribution in [1.29, 1.82) is 0 Å². The maximum absolute atomic E-state index is 13.4. The SMILES string of the molecule is C[C@@H]1C(O)N[C@H](Cc2ccc(C(F)(F)F)cc2)C(=O)NCCCc2ccccc2OCCN[C@@H](C2CC2)C(=O)N1C. The number of aryl methyl sites for hydroxylation is 1. The van der Waals surface area contributed by atoms with E-state index >= 15 is 0 Å². The average molecular weight is 577 g/mol. The summed E-state index contributed by atoms with van der Waals surface area (Å²) in [6, 6.07) is 10.3. The third kappa shape index (κ3) is 8.43. The Hall–Kier alpha value is -3.15. The lowest BCUT2D eigenvalue weighted by atomic mass is 10.0. The molecule has 8 nitrogen and oxygen atoms in total. The van der Waals surface area contributed by atoms with Crippen LogP contribution in [-0.2, 0) is 28.6 Å². The van der Waals surface area contributed by atoms with Crippen LogP contribution < -0.4 is 20.7 Å². The number of carbonyl (C=O) groups excluding carboxylic acids is 2. The van der Waals surface area contributed by atoms with Crippen molar-refractivity contribution in [3.8, 4) is 5.75 Å². The number of hydrogen-bond acceptors (Lipinski definition) is 6. The molecule has 1 heterocycles. The van der Waals surface area contributed by atoms with Gasteiger partial charge in [0.25, 0.3) is 0 Å². The summed E-state index contributed by atoms with van der Waals surface area (Å²) in [5.41, 5.74) is 0.725. The lowest BCUT2D eigenvalue weighted by molar-refractivity contribution is -0.138. The lowest BCUT2D eigenvalue weighted by Gasteiger charge is -2.34. The van der Waals surface area contributed by atoms with E-state index in [1.807, 2.05) is 24.3 Å². The van der Waals surface area contributed by atoms with Gasteiger partial charge in [0.15, 0.2) is 0 Å². The Morgan fingerprint density at radius 3 is 2.44 bits per heavy atom. The van der Waals surface area contributed by atoms with E-state index in [9.17, 15) is 27.9 Å². The van der Waals surface area contributed by atoms with Crippen LogP contribution >= 0.6 is 0 Å². The molecule has 0 saturated heterocycles. The molecular weight excluding hydrogens is 537 g/mol. The summed E-state index contributed by atoms with van der Waals surface area (Å²) in [5.74, 6) is 0.407. The van der Waals surface area contributed by atoms with Gasteiger partial charge in [-0.2, -0.15) is 13.2 Å². The standard InChI is InChI=1S/C30H39F3N4O4/c1-19-27(38)36-24(18-20-9-13-23(14-10-20)30(31,32)33)28(39)35-15-5-7-21-6-3-4-8-25(21)41-17-16-34-26(22-11-12-22)29(40)37(19)2/h3-4,6,8-10,13-14,19,22,24,26-27,34,36,38H,5,7,11-12,15-18H2,1-2H3,(H,35,39)/t19-,24-,26+,27?/m1/s1. The number of likely N-dealkylation sites (N-methyl/N-ethyl adjacent to an activating group) is 1. The van der Waals surface area contributed by atoms with Crippen molar-refractivity contribution in [2.45, 2.75) is 69.6 Å². The van der Waals surface area contributed by atoms with Gasteiger partial charge < -0.3 is 25.4 Å². The van der Waals surface area contributed by atoms with Gasteiger partial charge >= 0.3 is 6.18 Å². The van der Waals surface area contributed by atoms with E-state index in [0.717, 1.165) is 36.3 Å². The molecule has 4 atom stereocenters. The summed E-state index contributed by atoms with van der Waals surface area (Å²) in [5, 5.41) is 20.2. The van der Waals surface area contributed by atoms with Gasteiger partial charge in [0.05, 0.1) is 23.7 Å². The number of amides is 2. The highest BCUT2D eigenvalue weighted by Gasteiger charge is 2.39. The Balaban J connectivity index is 1.54. The molecule has 2 aliphatic rings. The fourth-order valence-electron chi connectivity index (χ4n) is 5.00. The minimum atomic E-state index is -4.46. The molecule has 4 N–H and O–H groups in total. The minimum Gasteiger partial charge on any atom is -0.492 e. The van der Waals surface area contributed by atoms with Crippen LogP contribution in [0.25, 0.3) is 0 Å². The third-order valence-electron chi connectivity index (χ3n) is 7.80. The number of fused-ring (bicyclic) bond motifs is 1. The lowest BCUT2D eigenvalue weighted by Crippen LogP contribution is -2.58. The molecule has 1 aliphatic heterocycles. The summed E-state index contributed by atoms with van der Waals surface area (Å²) >= 11 is 0. The van der Waals surface area contributed by atoms with Gasteiger partial charge in [-0.1, -0.05) is 30.3 Å². The van der Waals surface area contributed by atoms with Crippen LogP contribution in [0, 0.1) is 5.92 Å². The van der Waals surface area contributed by atoms with E-state index in [1.165, 1.54) is 17.0 Å². The number of rotatable bonds is 3. The first kappa shape index (κ1) is 30.8. The highest BCUT2D eigenvalue weighted by Crippen LogP contribution is 2.34. The maximum Gasteiger partial charge on any atom is 0.416 e. The predicted octanol–water partition coefficient (Wildman–Crippen LogP) is 2.88. The number of aliphatic hydroxyl groups excluding tert-OH is 1. The summed E-state index contributed by atoms with van der Waals surface area (Å²) in [4.78, 5) is 28.2. The summed E-state index contributed by atoms with van der Waals surface area (Å²) < 4.78 is 45.1. The molecular formula is C30H39F3N4O4. The van der Waals surface area contributed by atoms with Crippen LogP contribution in [0.1, 0.15) is 42.9 Å². The Labute approximate surface area is 238 Å². The molecule has 41 heavy (non-hydrogen) atoms. The molecule has 0 spiro atoms. The number of nitrogens with one attached hydrogen (secondary N) is 3. The Morgan fingerprint density at radius 2 is 1.76 bits per heavy atom. The summed E-state index contributed by atoms with van der Waals surface area (Å²) in [7, 11) is 1.62. The van der Waals surface area contributed by atoms with Crippen molar-refractivity contribution in [2.24, 2.45) is 5.92 Å². The number of carbonyl (C=O) groups is 2. The van der Waals surface area contributed by atoms with Crippen molar-refractivity contribution in [3.63, 3.8) is 0 Å². The second kappa shape index (κ2) is 13.7. The van der Waals surface area contributed by atoms with Gasteiger partial charge in [-0.15, -0.1) is 0 Å². The Kier molecular flexibility index (Phi) is 10.3. The van der Waals surface area contributed by atoms with E-state index in [4.69, 9.17) is 4.74 Å². The van der Waals surface area contributed by atoms with Crippen LogP contribution in [0.4, 0.5) is 13.2 Å². The predicted molar refractivity (Wildman–Crippen MR) is 148 cm³/mol. The number of aliphatic hydroxyl groups is 1. The number of benzene rings is 2. The monoisotopic (exact) mass is 576 g/mol. The van der Waals surface area contributed by atoms with Crippen LogP contribution in [0.3, 0.4) is 0 Å². The minimum absolute atomic E-state index is 0.0499. The second-order valence-electron chi connectivity index (χ2n) is 10.9. The third-order valence-corrected chi connectivity index (χ3v) is 7.80. The highest BCUT2D eigenvalue weighted by molar-refractivity contribution is 5.83. The van der Waals surface area contributed by atoms with Crippen molar-refractivity contribution >= 4 is 11.8 Å². The molecule has 1 unspecified atom stereocenters. The molecule has 224 valence electrons. The van der Waals surface area contributed by atoms with E-state index < -0.39 is 42.0 Å². The fraction of sp³-hybridized carbons (Fsp3) is 0.533. The molecule has 1 saturated carbocycles. The van der Waals surface area contributed by atoms with Crippen LogP contribution in [0.5, 0.6) is 5.75 Å². The fourth-order valence-corrected chi connectivity index (χ4v) is 5.00. The maximum atomic E-state index is 13.4. The van der Waals surface area contributed by atoms with Crippen LogP contribution in [-0.4, -0.2) is 72.9 Å². The summed E-state index contributed by atoms with van der Waals surface area (Å²) in [6.45, 7) is 2.91. The molecule has 11 heteroatoms. The molecule has 0 aromatic heterocycles. The number of para-hydroxylation sites is 1. The quantitative estimate of drug-likeness (QED) is 0.448. The number of hydrogen-bond donors (Lipinski definition) is 4. The summed E-state index contributed by atoms with van der Waals surface area (Å²) in [6.07, 6.45) is -2.51. The zero-order valence-corrected chi connectivity index (χ0v) is 23.4. The van der Waals surface area contributed by atoms with Gasteiger partial charge in [0.1, 0.15) is 18.6 Å². The van der Waals surface area contributed by atoms with Crippen LogP contribution in [0.15, 0.2) is 48.5 Å². The first-order valence-corrected chi connectivity index (χ1v) is 14.1.